The molecule has 16 heavy (non-hydrogen) atoms. The van der Waals surface area contributed by atoms with Gasteiger partial charge in [0.25, 0.3) is 0 Å². The first-order chi connectivity index (χ1) is 7.48. The molecule has 1 N–H and O–H groups in total. The highest BCUT2D eigenvalue weighted by molar-refractivity contribution is 5.35. The summed E-state index contributed by atoms with van der Waals surface area (Å²) in [5.74, 6) is 0.363. The molecule has 1 aliphatic rings. The summed E-state index contributed by atoms with van der Waals surface area (Å²) >= 11 is 0. The second kappa shape index (κ2) is 4.09. The third-order valence-electron chi connectivity index (χ3n) is 3.10. The second-order valence-corrected chi connectivity index (χ2v) is 4.26. The van der Waals surface area contributed by atoms with Crippen molar-refractivity contribution in [1.29, 1.82) is 0 Å². The molecule has 0 aromatic heterocycles. The Bertz CT molecular complexity index is 378. The number of nitrogens with one attached hydrogen (secondary N) is 1. The van der Waals surface area contributed by atoms with Crippen LogP contribution in [0.5, 0.6) is 0 Å². The summed E-state index contributed by atoms with van der Waals surface area (Å²) in [4.78, 5) is 0. The van der Waals surface area contributed by atoms with Crippen molar-refractivity contribution in [3.05, 3.63) is 34.9 Å². The SMILES string of the molecule is Cc1cc(C(F)(F)F)ccc1C1CCNC1. The molecular formula is C12H14F3N. The van der Waals surface area contributed by atoms with Crippen molar-refractivity contribution < 1.29 is 13.2 Å². The summed E-state index contributed by atoms with van der Waals surface area (Å²) < 4.78 is 37.4. The first-order valence-corrected chi connectivity index (χ1v) is 5.37. The van der Waals surface area contributed by atoms with Gasteiger partial charge in [0.2, 0.25) is 0 Å². The van der Waals surface area contributed by atoms with Crippen molar-refractivity contribution in [2.45, 2.75) is 25.4 Å². The van der Waals surface area contributed by atoms with Gasteiger partial charge in [0, 0.05) is 6.54 Å². The molecule has 1 aromatic rings. The van der Waals surface area contributed by atoms with Crippen LogP contribution in [0, 0.1) is 6.92 Å². The molecule has 1 unspecified atom stereocenters. The van der Waals surface area contributed by atoms with Gasteiger partial charge in [-0.15, -0.1) is 0 Å². The normalized spacial score (nSPS) is 21.4. The molecule has 4 heteroatoms. The largest absolute Gasteiger partial charge is 0.416 e. The number of hydrogen-bond acceptors (Lipinski definition) is 1. The summed E-state index contributed by atoms with van der Waals surface area (Å²) in [5.41, 5.74) is 1.22. The van der Waals surface area contributed by atoms with Crippen molar-refractivity contribution in [2.75, 3.05) is 13.1 Å². The highest BCUT2D eigenvalue weighted by Gasteiger charge is 2.31. The van der Waals surface area contributed by atoms with E-state index in [1.165, 1.54) is 12.1 Å². The van der Waals surface area contributed by atoms with E-state index in [9.17, 15) is 13.2 Å². The van der Waals surface area contributed by atoms with Crippen LogP contribution in [0.15, 0.2) is 18.2 Å². The molecule has 2 rings (SSSR count). The van der Waals surface area contributed by atoms with Crippen LogP contribution in [-0.4, -0.2) is 13.1 Å². The van der Waals surface area contributed by atoms with Gasteiger partial charge in [0.15, 0.2) is 0 Å². The van der Waals surface area contributed by atoms with Crippen molar-refractivity contribution in [3.63, 3.8) is 0 Å². The molecule has 0 saturated carbocycles. The van der Waals surface area contributed by atoms with E-state index in [0.717, 1.165) is 30.6 Å². The molecular weight excluding hydrogens is 215 g/mol. The van der Waals surface area contributed by atoms with Crippen molar-refractivity contribution >= 4 is 0 Å². The van der Waals surface area contributed by atoms with Gasteiger partial charge in [-0.2, -0.15) is 13.2 Å². The molecule has 1 atom stereocenters. The summed E-state index contributed by atoms with van der Waals surface area (Å²) in [7, 11) is 0. The topological polar surface area (TPSA) is 12.0 Å². The van der Waals surface area contributed by atoms with Crippen LogP contribution in [0.4, 0.5) is 13.2 Å². The maximum absolute atomic E-state index is 12.5. The molecule has 1 nitrogen and oxygen atoms in total. The summed E-state index contributed by atoms with van der Waals surface area (Å²) in [5, 5.41) is 3.22. The number of hydrogen-bond donors (Lipinski definition) is 1. The van der Waals surface area contributed by atoms with Gasteiger partial charge >= 0.3 is 6.18 Å². The molecule has 0 bridgehead atoms. The fourth-order valence-corrected chi connectivity index (χ4v) is 2.23. The summed E-state index contributed by atoms with van der Waals surface area (Å²) in [6.45, 7) is 3.57. The number of aryl methyl sites for hydroxylation is 1. The Morgan fingerprint density at radius 2 is 2.06 bits per heavy atom. The Labute approximate surface area is 92.7 Å². The molecule has 1 aliphatic heterocycles. The lowest BCUT2D eigenvalue weighted by Crippen LogP contribution is -2.10. The molecule has 1 aromatic carbocycles. The van der Waals surface area contributed by atoms with E-state index in [0.29, 0.717) is 5.92 Å². The maximum Gasteiger partial charge on any atom is 0.416 e. The van der Waals surface area contributed by atoms with E-state index < -0.39 is 11.7 Å². The van der Waals surface area contributed by atoms with E-state index in [4.69, 9.17) is 0 Å². The highest BCUT2D eigenvalue weighted by atomic mass is 19.4. The Balaban J connectivity index is 2.29. The van der Waals surface area contributed by atoms with Crippen LogP contribution in [0.3, 0.4) is 0 Å². The maximum atomic E-state index is 12.5. The lowest BCUT2D eigenvalue weighted by atomic mass is 9.93. The first-order valence-electron chi connectivity index (χ1n) is 5.37. The van der Waals surface area contributed by atoms with Crippen molar-refractivity contribution in [2.24, 2.45) is 0 Å². The van der Waals surface area contributed by atoms with Gasteiger partial charge in [0.05, 0.1) is 5.56 Å². The zero-order chi connectivity index (χ0) is 11.8. The van der Waals surface area contributed by atoms with Gasteiger partial charge < -0.3 is 5.32 Å². The predicted octanol–water partition coefficient (Wildman–Crippen LogP) is 3.09. The average molecular weight is 229 g/mol. The van der Waals surface area contributed by atoms with Gasteiger partial charge in [0.1, 0.15) is 0 Å². The third kappa shape index (κ3) is 2.21. The van der Waals surface area contributed by atoms with E-state index in [1.54, 1.807) is 13.0 Å². The van der Waals surface area contributed by atoms with Crippen molar-refractivity contribution in [1.82, 2.24) is 5.32 Å². The van der Waals surface area contributed by atoms with Crippen LogP contribution in [0.25, 0.3) is 0 Å². The first kappa shape index (κ1) is 11.5. The number of halogens is 3. The molecule has 0 spiro atoms. The van der Waals surface area contributed by atoms with Crippen molar-refractivity contribution in [3.8, 4) is 0 Å². The van der Waals surface area contributed by atoms with Crippen LogP contribution >= 0.6 is 0 Å². The van der Waals surface area contributed by atoms with Gasteiger partial charge in [-0.25, -0.2) is 0 Å². The molecule has 0 radical (unpaired) electrons. The molecule has 0 amide bonds. The molecule has 88 valence electrons. The summed E-state index contributed by atoms with van der Waals surface area (Å²) in [6, 6.07) is 4.05. The predicted molar refractivity (Wildman–Crippen MR) is 56.4 cm³/mol. The lowest BCUT2D eigenvalue weighted by molar-refractivity contribution is -0.137. The molecule has 0 aliphatic carbocycles. The number of rotatable bonds is 1. The highest BCUT2D eigenvalue weighted by Crippen LogP contribution is 2.33. The lowest BCUT2D eigenvalue weighted by Gasteiger charge is -2.15. The minimum atomic E-state index is -4.24. The number of benzene rings is 1. The fraction of sp³-hybridized carbons (Fsp3) is 0.500. The second-order valence-electron chi connectivity index (χ2n) is 4.26. The molecule has 1 heterocycles. The van der Waals surface area contributed by atoms with E-state index >= 15 is 0 Å². The fourth-order valence-electron chi connectivity index (χ4n) is 2.23. The smallest absolute Gasteiger partial charge is 0.316 e. The zero-order valence-electron chi connectivity index (χ0n) is 9.06. The van der Waals surface area contributed by atoms with Crippen LogP contribution in [0.2, 0.25) is 0 Å². The van der Waals surface area contributed by atoms with E-state index in [2.05, 4.69) is 5.32 Å². The molecule has 1 fully saturated rings. The average Bonchev–Trinajstić information content (AvgIpc) is 2.69. The van der Waals surface area contributed by atoms with Gasteiger partial charge in [-0.1, -0.05) is 6.07 Å². The zero-order valence-corrected chi connectivity index (χ0v) is 9.06. The standard InChI is InChI=1S/C12H14F3N/c1-8-6-10(12(13,14)15)2-3-11(8)9-4-5-16-7-9/h2-3,6,9,16H,4-5,7H2,1H3. The quantitative estimate of drug-likeness (QED) is 0.780. The molecule has 1 saturated heterocycles. The minimum Gasteiger partial charge on any atom is -0.316 e. The van der Waals surface area contributed by atoms with E-state index in [1.807, 2.05) is 0 Å². The third-order valence-corrected chi connectivity index (χ3v) is 3.10. The minimum absolute atomic E-state index is 0.363. The van der Waals surface area contributed by atoms with Gasteiger partial charge in [-0.05, 0) is 49.1 Å². The Kier molecular flexibility index (Phi) is 2.93. The Morgan fingerprint density at radius 1 is 1.31 bits per heavy atom. The Morgan fingerprint density at radius 3 is 2.56 bits per heavy atom. The van der Waals surface area contributed by atoms with Crippen LogP contribution in [-0.2, 0) is 6.18 Å². The van der Waals surface area contributed by atoms with Gasteiger partial charge in [-0.3, -0.25) is 0 Å². The Hall–Kier alpha value is -1.03. The van der Waals surface area contributed by atoms with E-state index in [-0.39, 0.29) is 0 Å². The summed E-state index contributed by atoms with van der Waals surface area (Å²) in [6.07, 6.45) is -3.23. The van der Waals surface area contributed by atoms with Crippen LogP contribution in [0.1, 0.15) is 29.0 Å². The van der Waals surface area contributed by atoms with Crippen LogP contribution < -0.4 is 5.32 Å². The number of alkyl halides is 3. The monoisotopic (exact) mass is 229 g/mol.